The summed E-state index contributed by atoms with van der Waals surface area (Å²) in [6.07, 6.45) is 1.82. The molecule has 2 amide bonds. The molecule has 0 rings (SSSR count). The van der Waals surface area contributed by atoms with E-state index >= 15 is 0 Å². The van der Waals surface area contributed by atoms with Crippen LogP contribution in [0.3, 0.4) is 0 Å². The summed E-state index contributed by atoms with van der Waals surface area (Å²) in [6.45, 7) is 6.36. The molecule has 16 heavy (non-hydrogen) atoms. The number of primary amides is 1. The van der Waals surface area contributed by atoms with Crippen LogP contribution in [0.1, 0.15) is 33.6 Å². The van der Waals surface area contributed by atoms with Gasteiger partial charge in [-0.15, -0.1) is 0 Å². The van der Waals surface area contributed by atoms with Gasteiger partial charge in [-0.1, -0.05) is 13.3 Å². The summed E-state index contributed by atoms with van der Waals surface area (Å²) in [6, 6.07) is 0. The smallest absolute Gasteiger partial charge is 0.237 e. The number of rotatable bonds is 7. The monoisotopic (exact) mass is 229 g/mol. The van der Waals surface area contributed by atoms with E-state index in [4.69, 9.17) is 11.5 Å². The van der Waals surface area contributed by atoms with Crippen LogP contribution >= 0.6 is 0 Å². The number of carbonyl (C=O) groups excluding carboxylic acids is 2. The number of nitrogens with two attached hydrogens (primary N) is 2. The highest BCUT2D eigenvalue weighted by Crippen LogP contribution is 2.17. The average molecular weight is 229 g/mol. The molecule has 0 aliphatic rings. The predicted octanol–water partition coefficient (Wildman–Crippen LogP) is 0.0853. The van der Waals surface area contributed by atoms with Gasteiger partial charge in [0.05, 0.1) is 12.0 Å². The minimum absolute atomic E-state index is 0.0255. The molecule has 4 N–H and O–H groups in total. The summed E-state index contributed by atoms with van der Waals surface area (Å²) in [7, 11) is 0. The third kappa shape index (κ3) is 4.61. The van der Waals surface area contributed by atoms with E-state index in [1.54, 1.807) is 13.8 Å². The molecule has 0 aliphatic heterocycles. The van der Waals surface area contributed by atoms with Crippen LogP contribution in [0.5, 0.6) is 0 Å². The fourth-order valence-corrected chi connectivity index (χ4v) is 1.30. The van der Waals surface area contributed by atoms with Crippen molar-refractivity contribution < 1.29 is 9.59 Å². The highest BCUT2D eigenvalue weighted by atomic mass is 16.2. The average Bonchev–Trinajstić information content (AvgIpc) is 2.22. The van der Waals surface area contributed by atoms with Gasteiger partial charge in [0, 0.05) is 13.1 Å². The van der Waals surface area contributed by atoms with Crippen LogP contribution in [-0.2, 0) is 9.59 Å². The quantitative estimate of drug-likeness (QED) is 0.648. The second kappa shape index (κ2) is 6.48. The van der Waals surface area contributed by atoms with Gasteiger partial charge in [0.2, 0.25) is 11.8 Å². The van der Waals surface area contributed by atoms with Gasteiger partial charge in [-0.3, -0.25) is 9.59 Å². The van der Waals surface area contributed by atoms with Gasteiger partial charge < -0.3 is 16.4 Å². The SMILES string of the molecule is CCCCN(CC(N)=O)C(=O)C(C)(C)CN. The van der Waals surface area contributed by atoms with Crippen LogP contribution in [0.25, 0.3) is 0 Å². The number of nitrogens with zero attached hydrogens (tertiary/aromatic N) is 1. The summed E-state index contributed by atoms with van der Waals surface area (Å²) in [5.74, 6) is -0.598. The molecule has 0 saturated heterocycles. The minimum Gasteiger partial charge on any atom is -0.368 e. The first-order valence-electron chi connectivity index (χ1n) is 5.63. The van der Waals surface area contributed by atoms with Crippen LogP contribution in [0, 0.1) is 5.41 Å². The van der Waals surface area contributed by atoms with E-state index in [0.717, 1.165) is 12.8 Å². The van der Waals surface area contributed by atoms with E-state index in [2.05, 4.69) is 0 Å². The van der Waals surface area contributed by atoms with E-state index in [1.165, 1.54) is 4.90 Å². The first kappa shape index (κ1) is 14.9. The van der Waals surface area contributed by atoms with Gasteiger partial charge in [0.15, 0.2) is 0 Å². The van der Waals surface area contributed by atoms with Crippen LogP contribution in [0.4, 0.5) is 0 Å². The molecule has 0 aromatic carbocycles. The number of hydrogen-bond acceptors (Lipinski definition) is 3. The molecule has 0 saturated carbocycles. The minimum atomic E-state index is -0.636. The van der Waals surface area contributed by atoms with Crippen LogP contribution in [0.2, 0.25) is 0 Å². The van der Waals surface area contributed by atoms with Crippen molar-refractivity contribution in [3.05, 3.63) is 0 Å². The van der Waals surface area contributed by atoms with Gasteiger partial charge in [-0.05, 0) is 20.3 Å². The van der Waals surface area contributed by atoms with Crippen molar-refractivity contribution in [2.75, 3.05) is 19.6 Å². The Kier molecular flexibility index (Phi) is 6.03. The van der Waals surface area contributed by atoms with Crippen molar-refractivity contribution in [1.29, 1.82) is 0 Å². The fourth-order valence-electron chi connectivity index (χ4n) is 1.30. The lowest BCUT2D eigenvalue weighted by molar-refractivity contribution is -0.142. The molecule has 94 valence electrons. The lowest BCUT2D eigenvalue weighted by Gasteiger charge is -2.30. The molecule has 0 aliphatic carbocycles. The molecule has 5 heteroatoms. The predicted molar refractivity (Wildman–Crippen MR) is 63.5 cm³/mol. The van der Waals surface area contributed by atoms with E-state index in [1.807, 2.05) is 6.92 Å². The Morgan fingerprint density at radius 3 is 2.25 bits per heavy atom. The standard InChI is InChI=1S/C11H23N3O2/c1-4-5-6-14(7-9(13)15)10(16)11(2,3)8-12/h4-8,12H2,1-3H3,(H2,13,15). The van der Waals surface area contributed by atoms with Crippen LogP contribution in [0.15, 0.2) is 0 Å². The molecule has 0 aromatic heterocycles. The van der Waals surface area contributed by atoms with E-state index in [-0.39, 0.29) is 19.0 Å². The van der Waals surface area contributed by atoms with E-state index in [0.29, 0.717) is 6.54 Å². The lowest BCUT2D eigenvalue weighted by atomic mass is 9.91. The van der Waals surface area contributed by atoms with Crippen molar-refractivity contribution in [2.45, 2.75) is 33.6 Å². The molecule has 0 spiro atoms. The Bertz CT molecular complexity index is 252. The maximum absolute atomic E-state index is 12.1. The molecule has 0 heterocycles. The van der Waals surface area contributed by atoms with Crippen molar-refractivity contribution in [3.8, 4) is 0 Å². The first-order valence-corrected chi connectivity index (χ1v) is 5.63. The molecule has 0 radical (unpaired) electrons. The number of unbranched alkanes of at least 4 members (excludes halogenated alkanes) is 1. The van der Waals surface area contributed by atoms with Gasteiger partial charge >= 0.3 is 0 Å². The van der Waals surface area contributed by atoms with Gasteiger partial charge in [-0.25, -0.2) is 0 Å². The molecular weight excluding hydrogens is 206 g/mol. The second-order valence-electron chi connectivity index (χ2n) is 4.63. The molecule has 0 aromatic rings. The summed E-state index contributed by atoms with van der Waals surface area (Å²) in [5.41, 5.74) is 10.0. The van der Waals surface area contributed by atoms with Gasteiger partial charge in [0.1, 0.15) is 0 Å². The molecule has 0 bridgehead atoms. The zero-order chi connectivity index (χ0) is 12.8. The van der Waals surface area contributed by atoms with E-state index < -0.39 is 11.3 Å². The van der Waals surface area contributed by atoms with Gasteiger partial charge in [0.25, 0.3) is 0 Å². The Balaban J connectivity index is 4.61. The lowest BCUT2D eigenvalue weighted by Crippen LogP contribution is -2.48. The van der Waals surface area contributed by atoms with Crippen molar-refractivity contribution in [3.63, 3.8) is 0 Å². The molecule has 5 nitrogen and oxygen atoms in total. The summed E-state index contributed by atoms with van der Waals surface area (Å²) < 4.78 is 0. The maximum atomic E-state index is 12.1. The third-order valence-corrected chi connectivity index (χ3v) is 2.50. The largest absolute Gasteiger partial charge is 0.368 e. The Hall–Kier alpha value is -1.10. The Morgan fingerprint density at radius 2 is 1.88 bits per heavy atom. The Morgan fingerprint density at radius 1 is 1.31 bits per heavy atom. The van der Waals surface area contributed by atoms with Crippen molar-refractivity contribution in [1.82, 2.24) is 4.90 Å². The molecule has 0 fully saturated rings. The first-order chi connectivity index (χ1) is 7.35. The van der Waals surface area contributed by atoms with Crippen LogP contribution < -0.4 is 11.5 Å². The summed E-state index contributed by atoms with van der Waals surface area (Å²) in [5, 5.41) is 0. The maximum Gasteiger partial charge on any atom is 0.237 e. The zero-order valence-electron chi connectivity index (χ0n) is 10.5. The molecule has 0 atom stereocenters. The van der Waals surface area contributed by atoms with Crippen molar-refractivity contribution in [2.24, 2.45) is 16.9 Å². The summed E-state index contributed by atoms with van der Waals surface area (Å²) in [4.78, 5) is 24.5. The molecular formula is C11H23N3O2. The zero-order valence-corrected chi connectivity index (χ0v) is 10.5. The number of amides is 2. The third-order valence-electron chi connectivity index (χ3n) is 2.50. The van der Waals surface area contributed by atoms with Crippen molar-refractivity contribution >= 4 is 11.8 Å². The fraction of sp³-hybridized carbons (Fsp3) is 0.818. The topological polar surface area (TPSA) is 89.4 Å². The highest BCUT2D eigenvalue weighted by Gasteiger charge is 2.30. The number of hydrogen-bond donors (Lipinski definition) is 2. The van der Waals surface area contributed by atoms with Gasteiger partial charge in [-0.2, -0.15) is 0 Å². The van der Waals surface area contributed by atoms with E-state index in [9.17, 15) is 9.59 Å². The normalized spacial score (nSPS) is 11.2. The molecule has 0 unspecified atom stereocenters. The second-order valence-corrected chi connectivity index (χ2v) is 4.63. The highest BCUT2D eigenvalue weighted by molar-refractivity contribution is 5.87. The Labute approximate surface area is 97.2 Å². The van der Waals surface area contributed by atoms with Crippen LogP contribution in [-0.4, -0.2) is 36.3 Å². The summed E-state index contributed by atoms with van der Waals surface area (Å²) >= 11 is 0. The number of carbonyl (C=O) groups is 2.